The third-order valence-corrected chi connectivity index (χ3v) is 4.67. The number of nitrogens with one attached hydrogen (secondary N) is 1. The van der Waals surface area contributed by atoms with Crippen molar-refractivity contribution in [2.75, 3.05) is 37.7 Å². The molecule has 2 atom stereocenters. The molecule has 0 aromatic heterocycles. The Morgan fingerprint density at radius 2 is 2.07 bits per heavy atom. The summed E-state index contributed by atoms with van der Waals surface area (Å²) in [7, 11) is 0. The Kier molecular flexibility index (Phi) is 4.79. The van der Waals surface area contributed by atoms with Crippen LogP contribution in [0.5, 0.6) is 0 Å². The van der Waals surface area contributed by atoms with Crippen LogP contribution < -0.4 is 5.32 Å². The fourth-order valence-corrected chi connectivity index (χ4v) is 3.57. The quantitative estimate of drug-likeness (QED) is 0.723. The van der Waals surface area contributed by atoms with Crippen LogP contribution in [0.3, 0.4) is 0 Å². The number of nitrogens with zero attached hydrogens (tertiary/aromatic N) is 1. The largest absolute Gasteiger partial charge is 0.316 e. The minimum absolute atomic E-state index is 0.912. The second-order valence-corrected chi connectivity index (χ2v) is 5.98. The molecule has 2 aliphatic rings. The molecule has 15 heavy (non-hydrogen) atoms. The topological polar surface area (TPSA) is 15.3 Å². The summed E-state index contributed by atoms with van der Waals surface area (Å²) in [6.07, 6.45) is 4.16. The van der Waals surface area contributed by atoms with Crippen molar-refractivity contribution in [3.05, 3.63) is 0 Å². The molecule has 88 valence electrons. The van der Waals surface area contributed by atoms with Crippen molar-refractivity contribution in [1.82, 2.24) is 10.2 Å². The van der Waals surface area contributed by atoms with E-state index in [4.69, 9.17) is 0 Å². The van der Waals surface area contributed by atoms with Crippen molar-refractivity contribution in [3.63, 3.8) is 0 Å². The van der Waals surface area contributed by atoms with Gasteiger partial charge in [0.05, 0.1) is 0 Å². The zero-order valence-corrected chi connectivity index (χ0v) is 10.7. The molecule has 3 heteroatoms. The van der Waals surface area contributed by atoms with E-state index in [0.717, 1.165) is 12.0 Å². The number of hydrogen-bond acceptors (Lipinski definition) is 3. The maximum atomic E-state index is 3.57. The van der Waals surface area contributed by atoms with E-state index in [2.05, 4.69) is 28.9 Å². The average Bonchev–Trinajstić information content (AvgIpc) is 2.24. The number of rotatable bonds is 5. The highest BCUT2D eigenvalue weighted by atomic mass is 32.2. The molecule has 0 bridgehead atoms. The Labute approximate surface area is 98.2 Å². The average molecular weight is 228 g/mol. The maximum absolute atomic E-state index is 3.57. The highest BCUT2D eigenvalue weighted by molar-refractivity contribution is 7.99. The van der Waals surface area contributed by atoms with E-state index in [9.17, 15) is 0 Å². The van der Waals surface area contributed by atoms with E-state index in [1.165, 1.54) is 56.9 Å². The van der Waals surface area contributed by atoms with Gasteiger partial charge in [-0.3, -0.25) is 4.90 Å². The van der Waals surface area contributed by atoms with Crippen molar-refractivity contribution in [2.45, 2.75) is 32.2 Å². The highest BCUT2D eigenvalue weighted by Crippen LogP contribution is 2.32. The fourth-order valence-electron chi connectivity index (χ4n) is 2.64. The molecule has 0 spiro atoms. The van der Waals surface area contributed by atoms with Gasteiger partial charge in [-0.05, 0) is 38.3 Å². The summed E-state index contributed by atoms with van der Waals surface area (Å²) >= 11 is 2.12. The number of hydrogen-bond donors (Lipinski definition) is 1. The molecule has 2 unspecified atom stereocenters. The molecule has 0 aromatic carbocycles. The fraction of sp³-hybridized carbons (Fsp3) is 1.00. The van der Waals surface area contributed by atoms with Crippen molar-refractivity contribution in [2.24, 2.45) is 5.92 Å². The first-order chi connectivity index (χ1) is 7.42. The van der Waals surface area contributed by atoms with Crippen LogP contribution in [-0.4, -0.2) is 48.6 Å². The van der Waals surface area contributed by atoms with Gasteiger partial charge in [0.1, 0.15) is 0 Å². The van der Waals surface area contributed by atoms with E-state index >= 15 is 0 Å². The lowest BCUT2D eigenvalue weighted by Gasteiger charge is -2.46. The molecule has 2 rings (SSSR count). The molecule has 1 aliphatic heterocycles. The second-order valence-electron chi connectivity index (χ2n) is 4.76. The third kappa shape index (κ3) is 3.11. The van der Waals surface area contributed by atoms with Crippen LogP contribution in [0.25, 0.3) is 0 Å². The predicted molar refractivity (Wildman–Crippen MR) is 68.6 cm³/mol. The lowest BCUT2D eigenvalue weighted by atomic mass is 9.78. The predicted octanol–water partition coefficient (Wildman–Crippen LogP) is 1.81. The summed E-state index contributed by atoms with van der Waals surface area (Å²) in [5.74, 6) is 3.65. The summed E-state index contributed by atoms with van der Waals surface area (Å²) in [4.78, 5) is 2.73. The van der Waals surface area contributed by atoms with Crippen LogP contribution in [0.2, 0.25) is 0 Å². The van der Waals surface area contributed by atoms with Gasteiger partial charge in [-0.1, -0.05) is 6.92 Å². The lowest BCUT2D eigenvalue weighted by molar-refractivity contribution is 0.0704. The molecular weight excluding hydrogens is 204 g/mol. The first kappa shape index (κ1) is 11.7. The molecule has 2 fully saturated rings. The van der Waals surface area contributed by atoms with Crippen LogP contribution >= 0.6 is 11.8 Å². The van der Waals surface area contributed by atoms with Gasteiger partial charge in [-0.2, -0.15) is 11.8 Å². The monoisotopic (exact) mass is 228 g/mol. The summed E-state index contributed by atoms with van der Waals surface area (Å²) in [6.45, 7) is 7.35. The molecule has 1 heterocycles. The van der Waals surface area contributed by atoms with Crippen LogP contribution in [-0.2, 0) is 0 Å². The first-order valence-electron chi connectivity index (χ1n) is 6.44. The van der Waals surface area contributed by atoms with Gasteiger partial charge in [0.15, 0.2) is 0 Å². The zero-order valence-electron chi connectivity index (χ0n) is 9.87. The molecule has 2 nitrogen and oxygen atoms in total. The Hall–Kier alpha value is 0.270. The van der Waals surface area contributed by atoms with Crippen molar-refractivity contribution in [1.29, 1.82) is 0 Å². The van der Waals surface area contributed by atoms with E-state index < -0.39 is 0 Å². The summed E-state index contributed by atoms with van der Waals surface area (Å²) in [6, 6.07) is 0.912. The van der Waals surface area contributed by atoms with Gasteiger partial charge >= 0.3 is 0 Å². The summed E-state index contributed by atoms with van der Waals surface area (Å²) in [5, 5.41) is 3.57. The van der Waals surface area contributed by atoms with Gasteiger partial charge in [-0.15, -0.1) is 0 Å². The van der Waals surface area contributed by atoms with Crippen LogP contribution in [0.1, 0.15) is 26.2 Å². The second kappa shape index (κ2) is 6.12. The van der Waals surface area contributed by atoms with Gasteiger partial charge in [0.2, 0.25) is 0 Å². The third-order valence-electron chi connectivity index (χ3n) is 3.73. The van der Waals surface area contributed by atoms with E-state index in [-0.39, 0.29) is 0 Å². The standard InChI is InChI=1S/C12H24N2S/c1-2-5-13-10-11-3-4-12(11)14-6-8-15-9-7-14/h11-13H,2-10H2,1H3. The molecule has 1 N–H and O–H groups in total. The van der Waals surface area contributed by atoms with Crippen molar-refractivity contribution in [3.8, 4) is 0 Å². The Balaban J connectivity index is 1.68. The Morgan fingerprint density at radius 3 is 2.67 bits per heavy atom. The van der Waals surface area contributed by atoms with Gasteiger partial charge in [0.25, 0.3) is 0 Å². The Bertz CT molecular complexity index is 180. The van der Waals surface area contributed by atoms with Crippen LogP contribution in [0.15, 0.2) is 0 Å². The highest BCUT2D eigenvalue weighted by Gasteiger charge is 2.35. The maximum Gasteiger partial charge on any atom is 0.0136 e. The first-order valence-corrected chi connectivity index (χ1v) is 7.59. The minimum Gasteiger partial charge on any atom is -0.316 e. The van der Waals surface area contributed by atoms with Crippen molar-refractivity contribution >= 4 is 11.8 Å². The van der Waals surface area contributed by atoms with Crippen LogP contribution in [0, 0.1) is 5.92 Å². The zero-order chi connectivity index (χ0) is 10.5. The SMILES string of the molecule is CCCNCC1CCC1N1CCSCC1. The minimum atomic E-state index is 0.912. The normalized spacial score (nSPS) is 32.6. The molecule has 1 saturated carbocycles. The van der Waals surface area contributed by atoms with Gasteiger partial charge in [0, 0.05) is 30.6 Å². The van der Waals surface area contributed by atoms with E-state index in [1.807, 2.05) is 0 Å². The van der Waals surface area contributed by atoms with Crippen molar-refractivity contribution < 1.29 is 0 Å². The summed E-state index contributed by atoms with van der Waals surface area (Å²) < 4.78 is 0. The van der Waals surface area contributed by atoms with Gasteiger partial charge in [-0.25, -0.2) is 0 Å². The summed E-state index contributed by atoms with van der Waals surface area (Å²) in [5.41, 5.74) is 0. The smallest absolute Gasteiger partial charge is 0.0136 e. The molecular formula is C12H24N2S. The molecule has 0 amide bonds. The molecule has 0 radical (unpaired) electrons. The van der Waals surface area contributed by atoms with E-state index in [1.54, 1.807) is 0 Å². The number of thioether (sulfide) groups is 1. The molecule has 1 saturated heterocycles. The van der Waals surface area contributed by atoms with Gasteiger partial charge < -0.3 is 5.32 Å². The Morgan fingerprint density at radius 1 is 1.27 bits per heavy atom. The van der Waals surface area contributed by atoms with Crippen LogP contribution in [0.4, 0.5) is 0 Å². The molecule has 1 aliphatic carbocycles. The lowest BCUT2D eigenvalue weighted by Crippen LogP contribution is -2.53. The van der Waals surface area contributed by atoms with E-state index in [0.29, 0.717) is 0 Å². The molecule has 0 aromatic rings.